The quantitative estimate of drug-likeness (QED) is 0.340. The molecule has 0 aliphatic rings. The van der Waals surface area contributed by atoms with Crippen LogP contribution in [0.3, 0.4) is 0 Å². The largest absolute Gasteiger partial charge is 0.383 e. The van der Waals surface area contributed by atoms with E-state index in [9.17, 15) is 4.79 Å². The number of ether oxygens (including phenoxy) is 1. The van der Waals surface area contributed by atoms with Gasteiger partial charge in [-0.15, -0.1) is 0 Å². The third kappa shape index (κ3) is 6.44. The zero-order valence-electron chi connectivity index (χ0n) is 12.1. The minimum atomic E-state index is -0.516. The number of hydrogen-bond acceptors (Lipinski definition) is 3. The number of rotatable bonds is 7. The molecule has 0 bridgehead atoms. The van der Waals surface area contributed by atoms with Gasteiger partial charge in [0, 0.05) is 27.2 Å². The van der Waals surface area contributed by atoms with E-state index in [0.29, 0.717) is 25.7 Å². The minimum Gasteiger partial charge on any atom is -0.383 e. The Morgan fingerprint density at radius 3 is 2.50 bits per heavy atom. The number of nitrogens with one attached hydrogen (secondary N) is 3. The molecule has 0 aliphatic carbocycles. The molecule has 0 aliphatic heterocycles. The summed E-state index contributed by atoms with van der Waals surface area (Å²) in [6, 6.07) is 0. The Morgan fingerprint density at radius 2 is 2.00 bits per heavy atom. The van der Waals surface area contributed by atoms with Crippen molar-refractivity contribution < 1.29 is 9.53 Å². The Bertz CT molecular complexity index is 277. The van der Waals surface area contributed by atoms with Gasteiger partial charge < -0.3 is 20.7 Å². The maximum Gasteiger partial charge on any atom is 0.227 e. The van der Waals surface area contributed by atoms with Gasteiger partial charge in [-0.2, -0.15) is 0 Å². The number of hydrogen-bond donors (Lipinski definition) is 3. The Morgan fingerprint density at radius 1 is 1.33 bits per heavy atom. The first-order valence-corrected chi connectivity index (χ1v) is 6.21. The van der Waals surface area contributed by atoms with Gasteiger partial charge in [0.1, 0.15) is 0 Å². The number of aliphatic imine (C=N–C) groups is 1. The van der Waals surface area contributed by atoms with E-state index < -0.39 is 5.41 Å². The van der Waals surface area contributed by atoms with Crippen molar-refractivity contribution in [1.82, 2.24) is 16.0 Å². The first-order valence-electron chi connectivity index (χ1n) is 6.21. The summed E-state index contributed by atoms with van der Waals surface area (Å²) in [7, 11) is 3.29. The van der Waals surface area contributed by atoms with Crippen molar-refractivity contribution in [2.75, 3.05) is 40.4 Å². The van der Waals surface area contributed by atoms with Crippen LogP contribution in [-0.2, 0) is 9.53 Å². The van der Waals surface area contributed by atoms with Crippen LogP contribution < -0.4 is 16.0 Å². The lowest BCUT2D eigenvalue weighted by molar-refractivity contribution is -0.128. The standard InChI is InChI=1S/C12H26N4O2/c1-6-14-11(15-7-8-18-5)16-9-12(2,3)10(17)13-4/h6-9H2,1-5H3,(H,13,17)(H2,14,15,16). The molecule has 0 unspecified atom stereocenters. The van der Waals surface area contributed by atoms with Gasteiger partial charge in [0.05, 0.1) is 18.6 Å². The Labute approximate surface area is 110 Å². The van der Waals surface area contributed by atoms with Crippen LogP contribution in [0.1, 0.15) is 20.8 Å². The molecule has 3 N–H and O–H groups in total. The highest BCUT2D eigenvalue weighted by molar-refractivity contribution is 5.83. The fourth-order valence-electron chi connectivity index (χ4n) is 1.30. The van der Waals surface area contributed by atoms with Gasteiger partial charge >= 0.3 is 0 Å². The number of carbonyl (C=O) groups excluding carboxylic acids is 1. The molecule has 106 valence electrons. The molecule has 0 aromatic carbocycles. The van der Waals surface area contributed by atoms with Crippen molar-refractivity contribution in [1.29, 1.82) is 0 Å². The Balaban J connectivity index is 4.41. The Hall–Kier alpha value is -1.30. The number of guanidine groups is 1. The van der Waals surface area contributed by atoms with Crippen molar-refractivity contribution in [2.45, 2.75) is 20.8 Å². The summed E-state index contributed by atoms with van der Waals surface area (Å²) in [5, 5.41) is 8.90. The fraction of sp³-hybridized carbons (Fsp3) is 0.833. The maximum atomic E-state index is 11.6. The van der Waals surface area contributed by atoms with Crippen molar-refractivity contribution in [3.05, 3.63) is 0 Å². The van der Waals surface area contributed by atoms with Gasteiger partial charge in [0.15, 0.2) is 5.96 Å². The second kappa shape index (κ2) is 8.74. The molecule has 1 amide bonds. The summed E-state index contributed by atoms with van der Waals surface area (Å²) in [5.74, 6) is 0.686. The molecular weight excluding hydrogens is 232 g/mol. The smallest absolute Gasteiger partial charge is 0.227 e. The third-order valence-electron chi connectivity index (χ3n) is 2.42. The SMILES string of the molecule is CCNC(=NCC(C)(C)C(=O)NC)NCCOC. The number of methoxy groups -OCH3 is 1. The van der Waals surface area contributed by atoms with E-state index in [4.69, 9.17) is 4.74 Å². The van der Waals surface area contributed by atoms with Crippen molar-refractivity contribution in [3.8, 4) is 0 Å². The molecule has 0 spiro atoms. The molecule has 0 rings (SSSR count). The first-order chi connectivity index (χ1) is 8.47. The number of carbonyl (C=O) groups is 1. The Kier molecular flexibility index (Phi) is 8.11. The fourth-order valence-corrected chi connectivity index (χ4v) is 1.30. The van der Waals surface area contributed by atoms with E-state index in [-0.39, 0.29) is 5.91 Å². The lowest BCUT2D eigenvalue weighted by Crippen LogP contribution is -2.41. The molecule has 6 nitrogen and oxygen atoms in total. The number of nitrogens with zero attached hydrogens (tertiary/aromatic N) is 1. The molecule has 6 heteroatoms. The molecule has 0 aromatic heterocycles. The first kappa shape index (κ1) is 16.7. The zero-order chi connectivity index (χ0) is 14.0. The van der Waals surface area contributed by atoms with Gasteiger partial charge in [-0.05, 0) is 20.8 Å². The molecule has 0 aromatic rings. The molecule has 0 fully saturated rings. The van der Waals surface area contributed by atoms with Crippen LogP contribution in [0.5, 0.6) is 0 Å². The summed E-state index contributed by atoms with van der Waals surface area (Å²) in [5.41, 5.74) is -0.516. The second-order valence-electron chi connectivity index (χ2n) is 4.58. The minimum absolute atomic E-state index is 0.0148. The van der Waals surface area contributed by atoms with Gasteiger partial charge in [-0.25, -0.2) is 0 Å². The molecule has 18 heavy (non-hydrogen) atoms. The topological polar surface area (TPSA) is 74.8 Å². The van der Waals surface area contributed by atoms with Crippen LogP contribution in [-0.4, -0.2) is 52.3 Å². The van der Waals surface area contributed by atoms with Gasteiger partial charge in [0.2, 0.25) is 5.91 Å². The third-order valence-corrected chi connectivity index (χ3v) is 2.42. The van der Waals surface area contributed by atoms with Crippen LogP contribution in [0, 0.1) is 5.41 Å². The summed E-state index contributed by atoms with van der Waals surface area (Å²) < 4.78 is 4.96. The predicted molar refractivity (Wildman–Crippen MR) is 73.7 cm³/mol. The average Bonchev–Trinajstić information content (AvgIpc) is 2.35. The highest BCUT2D eigenvalue weighted by atomic mass is 16.5. The zero-order valence-corrected chi connectivity index (χ0v) is 12.1. The van der Waals surface area contributed by atoms with E-state index in [1.807, 2.05) is 20.8 Å². The van der Waals surface area contributed by atoms with Gasteiger partial charge in [-0.3, -0.25) is 9.79 Å². The van der Waals surface area contributed by atoms with E-state index in [1.54, 1.807) is 14.2 Å². The van der Waals surface area contributed by atoms with Crippen molar-refractivity contribution in [2.24, 2.45) is 10.4 Å². The van der Waals surface area contributed by atoms with Crippen LogP contribution in [0.25, 0.3) is 0 Å². The monoisotopic (exact) mass is 258 g/mol. The summed E-state index contributed by atoms with van der Waals surface area (Å²) in [6.07, 6.45) is 0. The van der Waals surface area contributed by atoms with Crippen LogP contribution >= 0.6 is 0 Å². The van der Waals surface area contributed by atoms with Crippen molar-refractivity contribution >= 4 is 11.9 Å². The van der Waals surface area contributed by atoms with E-state index in [0.717, 1.165) is 6.54 Å². The molecule has 0 heterocycles. The average molecular weight is 258 g/mol. The van der Waals surface area contributed by atoms with E-state index in [2.05, 4.69) is 20.9 Å². The lowest BCUT2D eigenvalue weighted by Gasteiger charge is -2.21. The lowest BCUT2D eigenvalue weighted by atomic mass is 9.93. The highest BCUT2D eigenvalue weighted by Gasteiger charge is 2.26. The second-order valence-corrected chi connectivity index (χ2v) is 4.58. The highest BCUT2D eigenvalue weighted by Crippen LogP contribution is 2.14. The van der Waals surface area contributed by atoms with Crippen molar-refractivity contribution in [3.63, 3.8) is 0 Å². The normalized spacial score (nSPS) is 12.2. The summed E-state index contributed by atoms with van der Waals surface area (Å²) >= 11 is 0. The van der Waals surface area contributed by atoms with Gasteiger partial charge in [-0.1, -0.05) is 0 Å². The molecule has 0 atom stereocenters. The molecular formula is C12H26N4O2. The molecule has 0 saturated carbocycles. The summed E-state index contributed by atoms with van der Waals surface area (Å²) in [4.78, 5) is 16.0. The summed E-state index contributed by atoms with van der Waals surface area (Å²) in [6.45, 7) is 8.24. The van der Waals surface area contributed by atoms with Crippen LogP contribution in [0.15, 0.2) is 4.99 Å². The molecule has 0 radical (unpaired) electrons. The van der Waals surface area contributed by atoms with Crippen LogP contribution in [0.4, 0.5) is 0 Å². The number of amides is 1. The molecule has 0 saturated heterocycles. The van der Waals surface area contributed by atoms with E-state index in [1.165, 1.54) is 0 Å². The van der Waals surface area contributed by atoms with Crippen LogP contribution in [0.2, 0.25) is 0 Å². The predicted octanol–water partition coefficient (Wildman–Crippen LogP) is -0.0399. The van der Waals surface area contributed by atoms with Gasteiger partial charge in [0.25, 0.3) is 0 Å². The van der Waals surface area contributed by atoms with E-state index >= 15 is 0 Å². The maximum absolute atomic E-state index is 11.6.